The van der Waals surface area contributed by atoms with E-state index in [-0.39, 0.29) is 12.4 Å². The summed E-state index contributed by atoms with van der Waals surface area (Å²) in [5.41, 5.74) is 2.07. The molecule has 1 heterocycles. The minimum Gasteiger partial charge on any atom is -0.388 e. The zero-order valence-electron chi connectivity index (χ0n) is 8.81. The van der Waals surface area contributed by atoms with Gasteiger partial charge in [-0.2, -0.15) is 0 Å². The van der Waals surface area contributed by atoms with Crippen molar-refractivity contribution in [2.75, 3.05) is 0 Å². The molecule has 0 atom stereocenters. The average molecular weight is 218 g/mol. The molecule has 0 unspecified atom stereocenters. The summed E-state index contributed by atoms with van der Waals surface area (Å²) in [6.07, 6.45) is 1.58. The molecule has 2 rings (SSSR count). The van der Waals surface area contributed by atoms with Crippen LogP contribution in [0.2, 0.25) is 0 Å². The summed E-state index contributed by atoms with van der Waals surface area (Å²) in [7, 11) is 0. The molecule has 0 fully saturated rings. The third-order valence-electron chi connectivity index (χ3n) is 2.30. The summed E-state index contributed by atoms with van der Waals surface area (Å²) in [6.45, 7) is 1.50. The summed E-state index contributed by atoms with van der Waals surface area (Å²) in [6, 6.07) is 6.52. The zero-order valence-corrected chi connectivity index (χ0v) is 8.81. The van der Waals surface area contributed by atoms with E-state index in [2.05, 4.69) is 9.97 Å². The molecule has 0 aliphatic carbocycles. The van der Waals surface area contributed by atoms with E-state index in [1.54, 1.807) is 31.3 Å². The summed E-state index contributed by atoms with van der Waals surface area (Å²) in [4.78, 5) is 8.04. The fraction of sp³-hybridized carbons (Fsp3) is 0.167. The van der Waals surface area contributed by atoms with Gasteiger partial charge in [-0.3, -0.25) is 0 Å². The number of rotatable bonds is 2. The molecule has 0 aliphatic heterocycles. The van der Waals surface area contributed by atoms with Gasteiger partial charge in [0.25, 0.3) is 0 Å². The van der Waals surface area contributed by atoms with Gasteiger partial charge >= 0.3 is 0 Å². The summed E-state index contributed by atoms with van der Waals surface area (Å²) in [5, 5.41) is 8.92. The molecule has 0 radical (unpaired) electrons. The first-order valence-electron chi connectivity index (χ1n) is 4.90. The highest BCUT2D eigenvalue weighted by Crippen LogP contribution is 2.19. The fourth-order valence-electron chi connectivity index (χ4n) is 1.44. The molecule has 0 bridgehead atoms. The van der Waals surface area contributed by atoms with Gasteiger partial charge in [0.05, 0.1) is 5.69 Å². The highest BCUT2D eigenvalue weighted by molar-refractivity contribution is 5.59. The first-order chi connectivity index (χ1) is 7.70. The van der Waals surface area contributed by atoms with E-state index in [1.807, 2.05) is 0 Å². The lowest BCUT2D eigenvalue weighted by atomic mass is 10.1. The molecule has 3 nitrogen and oxygen atoms in total. The van der Waals surface area contributed by atoms with Crippen LogP contribution < -0.4 is 0 Å². The maximum atomic E-state index is 13.1. The maximum absolute atomic E-state index is 13.1. The van der Waals surface area contributed by atoms with E-state index < -0.39 is 0 Å². The Kier molecular flexibility index (Phi) is 2.92. The molecule has 16 heavy (non-hydrogen) atoms. The predicted molar refractivity (Wildman–Crippen MR) is 58.1 cm³/mol. The minimum atomic E-state index is -0.236. The Morgan fingerprint density at radius 3 is 2.81 bits per heavy atom. The molecular formula is C12H11FN2O. The van der Waals surface area contributed by atoms with E-state index in [0.717, 1.165) is 5.56 Å². The highest BCUT2D eigenvalue weighted by atomic mass is 19.1. The number of benzene rings is 1. The zero-order chi connectivity index (χ0) is 11.5. The van der Waals surface area contributed by atoms with Crippen molar-refractivity contribution in [2.45, 2.75) is 13.5 Å². The van der Waals surface area contributed by atoms with Gasteiger partial charge in [-0.15, -0.1) is 0 Å². The quantitative estimate of drug-likeness (QED) is 0.839. The van der Waals surface area contributed by atoms with Crippen molar-refractivity contribution in [2.24, 2.45) is 0 Å². The average Bonchev–Trinajstić information content (AvgIpc) is 2.33. The first kappa shape index (κ1) is 10.7. The number of aliphatic hydroxyl groups excluding tert-OH is 1. The number of hydrogen-bond acceptors (Lipinski definition) is 3. The van der Waals surface area contributed by atoms with Crippen LogP contribution in [0.15, 0.2) is 30.5 Å². The van der Waals surface area contributed by atoms with Crippen molar-refractivity contribution >= 4 is 0 Å². The van der Waals surface area contributed by atoms with E-state index in [0.29, 0.717) is 17.1 Å². The molecule has 0 spiro atoms. The number of hydrogen-bond donors (Lipinski definition) is 1. The Balaban J connectivity index is 2.46. The molecule has 0 saturated heterocycles. The lowest BCUT2D eigenvalue weighted by Crippen LogP contribution is -1.95. The van der Waals surface area contributed by atoms with Crippen molar-refractivity contribution in [3.8, 4) is 11.3 Å². The number of aromatic nitrogens is 2. The number of nitrogens with zero attached hydrogens (tertiary/aromatic N) is 2. The van der Waals surface area contributed by atoms with Gasteiger partial charge in [-0.25, -0.2) is 14.4 Å². The van der Waals surface area contributed by atoms with Crippen LogP contribution in [-0.2, 0) is 6.61 Å². The minimum absolute atomic E-state index is 0.200. The maximum Gasteiger partial charge on any atom is 0.154 e. The number of aliphatic hydroxyl groups is 1. The van der Waals surface area contributed by atoms with Gasteiger partial charge in [0, 0.05) is 11.8 Å². The van der Waals surface area contributed by atoms with Gasteiger partial charge in [-0.1, -0.05) is 0 Å². The first-order valence-corrected chi connectivity index (χ1v) is 4.90. The highest BCUT2D eigenvalue weighted by Gasteiger charge is 2.04. The molecular weight excluding hydrogens is 207 g/mol. The third-order valence-corrected chi connectivity index (χ3v) is 2.30. The molecule has 0 saturated carbocycles. The van der Waals surface area contributed by atoms with Crippen LogP contribution in [0.5, 0.6) is 0 Å². The standard InChI is InChI=1S/C12H11FN2O/c1-8-6-9(2-3-10(8)13)11-4-5-14-12(7-16)15-11/h2-6,16H,7H2,1H3. The second-order valence-corrected chi connectivity index (χ2v) is 3.48. The topological polar surface area (TPSA) is 46.0 Å². The Labute approximate surface area is 92.6 Å². The number of aryl methyl sites for hydroxylation is 1. The van der Waals surface area contributed by atoms with Crippen LogP contribution in [0.3, 0.4) is 0 Å². The Hall–Kier alpha value is -1.81. The van der Waals surface area contributed by atoms with Crippen LogP contribution in [0.1, 0.15) is 11.4 Å². The van der Waals surface area contributed by atoms with Crippen LogP contribution in [-0.4, -0.2) is 15.1 Å². The van der Waals surface area contributed by atoms with Crippen LogP contribution in [0.4, 0.5) is 4.39 Å². The summed E-state index contributed by atoms with van der Waals surface area (Å²) < 4.78 is 13.1. The van der Waals surface area contributed by atoms with Crippen molar-refractivity contribution in [1.82, 2.24) is 9.97 Å². The van der Waals surface area contributed by atoms with E-state index >= 15 is 0 Å². The van der Waals surface area contributed by atoms with E-state index in [1.165, 1.54) is 6.07 Å². The van der Waals surface area contributed by atoms with Crippen LogP contribution in [0.25, 0.3) is 11.3 Å². The van der Waals surface area contributed by atoms with Crippen molar-refractivity contribution in [3.05, 3.63) is 47.7 Å². The third kappa shape index (κ3) is 2.06. The van der Waals surface area contributed by atoms with Crippen molar-refractivity contribution < 1.29 is 9.50 Å². The van der Waals surface area contributed by atoms with Gasteiger partial charge in [0.1, 0.15) is 12.4 Å². The van der Waals surface area contributed by atoms with Gasteiger partial charge in [-0.05, 0) is 36.8 Å². The van der Waals surface area contributed by atoms with Gasteiger partial charge in [0.2, 0.25) is 0 Å². The fourth-order valence-corrected chi connectivity index (χ4v) is 1.44. The van der Waals surface area contributed by atoms with Gasteiger partial charge in [0.15, 0.2) is 5.82 Å². The van der Waals surface area contributed by atoms with Crippen LogP contribution >= 0.6 is 0 Å². The normalized spacial score (nSPS) is 10.4. The molecule has 0 aliphatic rings. The van der Waals surface area contributed by atoms with E-state index in [4.69, 9.17) is 5.11 Å². The van der Waals surface area contributed by atoms with Crippen molar-refractivity contribution in [1.29, 1.82) is 0 Å². The molecule has 2 aromatic rings. The van der Waals surface area contributed by atoms with E-state index in [9.17, 15) is 4.39 Å². The monoisotopic (exact) mass is 218 g/mol. The smallest absolute Gasteiger partial charge is 0.154 e. The van der Waals surface area contributed by atoms with Gasteiger partial charge < -0.3 is 5.11 Å². The summed E-state index contributed by atoms with van der Waals surface area (Å²) in [5.74, 6) is 0.125. The largest absolute Gasteiger partial charge is 0.388 e. The lowest BCUT2D eigenvalue weighted by molar-refractivity contribution is 0.271. The molecule has 1 N–H and O–H groups in total. The Bertz CT molecular complexity index is 514. The van der Waals surface area contributed by atoms with Crippen molar-refractivity contribution in [3.63, 3.8) is 0 Å². The SMILES string of the molecule is Cc1cc(-c2ccnc(CO)n2)ccc1F. The molecule has 4 heteroatoms. The molecule has 1 aromatic heterocycles. The molecule has 0 amide bonds. The van der Waals surface area contributed by atoms with Crippen LogP contribution in [0, 0.1) is 12.7 Å². The molecule has 82 valence electrons. The Morgan fingerprint density at radius 2 is 2.12 bits per heavy atom. The second kappa shape index (κ2) is 4.37. The predicted octanol–water partition coefficient (Wildman–Crippen LogP) is 2.08. The lowest BCUT2D eigenvalue weighted by Gasteiger charge is -2.04. The number of halogens is 1. The summed E-state index contributed by atoms with van der Waals surface area (Å²) >= 11 is 0. The second-order valence-electron chi connectivity index (χ2n) is 3.48. The molecule has 1 aromatic carbocycles. The Morgan fingerprint density at radius 1 is 1.31 bits per heavy atom.